The minimum atomic E-state index is -0.757. The van der Waals surface area contributed by atoms with Gasteiger partial charge in [0.25, 0.3) is 5.91 Å². The van der Waals surface area contributed by atoms with Crippen LogP contribution in [0.1, 0.15) is 36.0 Å². The fraction of sp³-hybridized carbons (Fsp3) is 0.467. The number of aliphatic carboxylic acids is 1. The molecule has 1 aliphatic heterocycles. The smallest absolute Gasteiger partial charge is 0.303 e. The van der Waals surface area contributed by atoms with Gasteiger partial charge in [-0.2, -0.15) is 0 Å². The van der Waals surface area contributed by atoms with Gasteiger partial charge in [-0.3, -0.25) is 9.59 Å². The Bertz CT molecular complexity index is 475. The van der Waals surface area contributed by atoms with Crippen LogP contribution in [-0.4, -0.2) is 40.1 Å². The summed E-state index contributed by atoms with van der Waals surface area (Å²) in [4.78, 5) is 24.6. The summed E-state index contributed by atoms with van der Waals surface area (Å²) in [6.45, 7) is 1.34. The normalized spacial score (nSPS) is 16.1. The third-order valence-corrected chi connectivity index (χ3v) is 3.78. The second-order valence-electron chi connectivity index (χ2n) is 5.21. The molecule has 1 fully saturated rings. The molecular formula is C15H19NO4. The van der Waals surface area contributed by atoms with Gasteiger partial charge >= 0.3 is 5.97 Å². The van der Waals surface area contributed by atoms with Crippen LogP contribution < -0.4 is 0 Å². The Morgan fingerprint density at radius 3 is 2.30 bits per heavy atom. The molecular weight excluding hydrogens is 258 g/mol. The van der Waals surface area contributed by atoms with Gasteiger partial charge in [-0.1, -0.05) is 0 Å². The lowest BCUT2D eigenvalue weighted by molar-refractivity contribution is -0.137. The summed E-state index contributed by atoms with van der Waals surface area (Å²) in [6.07, 6.45) is 2.61. The lowest BCUT2D eigenvalue weighted by atomic mass is 9.92. The third kappa shape index (κ3) is 3.73. The summed E-state index contributed by atoms with van der Waals surface area (Å²) in [5.41, 5.74) is 0.576. The average Bonchev–Trinajstić information content (AvgIpc) is 2.46. The zero-order valence-electron chi connectivity index (χ0n) is 11.3. The van der Waals surface area contributed by atoms with E-state index in [9.17, 15) is 14.7 Å². The number of hydrogen-bond donors (Lipinski definition) is 2. The molecule has 1 aromatic carbocycles. The van der Waals surface area contributed by atoms with Crippen LogP contribution in [0, 0.1) is 5.92 Å². The molecule has 1 amide bonds. The van der Waals surface area contributed by atoms with Gasteiger partial charge in [0.2, 0.25) is 0 Å². The van der Waals surface area contributed by atoms with E-state index >= 15 is 0 Å². The van der Waals surface area contributed by atoms with Crippen molar-refractivity contribution in [2.24, 2.45) is 5.92 Å². The van der Waals surface area contributed by atoms with Crippen LogP contribution in [0.25, 0.3) is 0 Å². The maximum Gasteiger partial charge on any atom is 0.303 e. The molecule has 108 valence electrons. The molecule has 2 rings (SSSR count). The molecule has 5 heteroatoms. The number of amides is 1. The molecule has 0 aromatic heterocycles. The van der Waals surface area contributed by atoms with Crippen molar-refractivity contribution >= 4 is 11.9 Å². The molecule has 1 aliphatic rings. The van der Waals surface area contributed by atoms with Crippen LogP contribution in [0.4, 0.5) is 0 Å². The predicted molar refractivity (Wildman–Crippen MR) is 73.6 cm³/mol. The van der Waals surface area contributed by atoms with Gasteiger partial charge in [0.1, 0.15) is 5.75 Å². The van der Waals surface area contributed by atoms with Crippen molar-refractivity contribution in [3.05, 3.63) is 29.8 Å². The second-order valence-corrected chi connectivity index (χ2v) is 5.21. The first kappa shape index (κ1) is 14.4. The highest BCUT2D eigenvalue weighted by Gasteiger charge is 2.23. The first-order chi connectivity index (χ1) is 9.56. The number of piperidine rings is 1. The summed E-state index contributed by atoms with van der Waals surface area (Å²) in [5, 5.41) is 17.9. The number of hydrogen-bond acceptors (Lipinski definition) is 3. The highest BCUT2D eigenvalue weighted by atomic mass is 16.4. The highest BCUT2D eigenvalue weighted by Crippen LogP contribution is 2.23. The van der Waals surface area contributed by atoms with Gasteiger partial charge in [0.05, 0.1) is 0 Å². The fourth-order valence-corrected chi connectivity index (χ4v) is 2.54. The van der Waals surface area contributed by atoms with Crippen molar-refractivity contribution in [1.82, 2.24) is 4.90 Å². The van der Waals surface area contributed by atoms with Crippen molar-refractivity contribution in [3.8, 4) is 5.75 Å². The Morgan fingerprint density at radius 1 is 1.15 bits per heavy atom. The van der Waals surface area contributed by atoms with Crippen LogP contribution in [0.5, 0.6) is 5.75 Å². The van der Waals surface area contributed by atoms with Crippen molar-refractivity contribution in [2.75, 3.05) is 13.1 Å². The molecule has 0 saturated carbocycles. The average molecular weight is 277 g/mol. The van der Waals surface area contributed by atoms with Crippen molar-refractivity contribution in [3.63, 3.8) is 0 Å². The zero-order chi connectivity index (χ0) is 14.5. The molecule has 2 N–H and O–H groups in total. The first-order valence-electron chi connectivity index (χ1n) is 6.86. The van der Waals surface area contributed by atoms with Crippen LogP contribution in [0.2, 0.25) is 0 Å². The number of carbonyl (C=O) groups excluding carboxylic acids is 1. The van der Waals surface area contributed by atoms with Gasteiger partial charge in [0, 0.05) is 25.1 Å². The topological polar surface area (TPSA) is 77.8 Å². The van der Waals surface area contributed by atoms with Crippen molar-refractivity contribution in [2.45, 2.75) is 25.7 Å². The molecule has 0 atom stereocenters. The van der Waals surface area contributed by atoms with Gasteiger partial charge in [-0.15, -0.1) is 0 Å². The van der Waals surface area contributed by atoms with Gasteiger partial charge in [-0.05, 0) is 49.4 Å². The number of benzene rings is 1. The van der Waals surface area contributed by atoms with E-state index in [0.29, 0.717) is 31.0 Å². The van der Waals surface area contributed by atoms with Crippen LogP contribution in [-0.2, 0) is 4.79 Å². The molecule has 0 unspecified atom stereocenters. The van der Waals surface area contributed by atoms with Crippen LogP contribution in [0.3, 0.4) is 0 Å². The van der Waals surface area contributed by atoms with E-state index in [1.807, 2.05) is 0 Å². The Labute approximate surface area is 117 Å². The minimum absolute atomic E-state index is 0.0262. The minimum Gasteiger partial charge on any atom is -0.508 e. The molecule has 0 spiro atoms. The molecule has 0 radical (unpaired) electrons. The first-order valence-corrected chi connectivity index (χ1v) is 6.86. The molecule has 5 nitrogen and oxygen atoms in total. The SMILES string of the molecule is O=C(O)CCC1CCN(C(=O)c2ccc(O)cc2)CC1. The maximum absolute atomic E-state index is 12.2. The zero-order valence-corrected chi connectivity index (χ0v) is 11.3. The van der Waals surface area contributed by atoms with E-state index in [1.54, 1.807) is 17.0 Å². The number of phenolic OH excluding ortho intramolecular Hbond substituents is 1. The number of carbonyl (C=O) groups is 2. The fourth-order valence-electron chi connectivity index (χ4n) is 2.54. The number of phenols is 1. The molecule has 1 aromatic rings. The van der Waals surface area contributed by atoms with Crippen molar-refractivity contribution in [1.29, 1.82) is 0 Å². The number of carboxylic acid groups (broad SMARTS) is 1. The number of carboxylic acids is 1. The Hall–Kier alpha value is -2.04. The van der Waals surface area contributed by atoms with Gasteiger partial charge in [0.15, 0.2) is 0 Å². The predicted octanol–water partition coefficient (Wildman–Crippen LogP) is 2.11. The quantitative estimate of drug-likeness (QED) is 0.883. The molecule has 0 aliphatic carbocycles. The molecule has 1 saturated heterocycles. The summed E-state index contributed by atoms with van der Waals surface area (Å²) in [7, 11) is 0. The van der Waals surface area contributed by atoms with E-state index < -0.39 is 5.97 Å². The van der Waals surface area contributed by atoms with Crippen molar-refractivity contribution < 1.29 is 19.8 Å². The third-order valence-electron chi connectivity index (χ3n) is 3.78. The molecule has 1 heterocycles. The monoisotopic (exact) mass is 277 g/mol. The van der Waals surface area contributed by atoms with E-state index in [4.69, 9.17) is 5.11 Å². The molecule has 0 bridgehead atoms. The highest BCUT2D eigenvalue weighted by molar-refractivity contribution is 5.94. The van der Waals surface area contributed by atoms with Crippen LogP contribution in [0.15, 0.2) is 24.3 Å². The van der Waals surface area contributed by atoms with E-state index in [0.717, 1.165) is 12.8 Å². The second kappa shape index (κ2) is 6.41. The number of nitrogens with zero attached hydrogens (tertiary/aromatic N) is 1. The number of rotatable bonds is 4. The van der Waals surface area contributed by atoms with E-state index in [-0.39, 0.29) is 18.1 Å². The van der Waals surface area contributed by atoms with Gasteiger partial charge in [-0.25, -0.2) is 0 Å². The Kier molecular flexibility index (Phi) is 4.61. The largest absolute Gasteiger partial charge is 0.508 e. The number of likely N-dealkylation sites (tertiary alicyclic amines) is 1. The van der Waals surface area contributed by atoms with Crippen LogP contribution >= 0.6 is 0 Å². The maximum atomic E-state index is 12.2. The molecule has 20 heavy (non-hydrogen) atoms. The van der Waals surface area contributed by atoms with E-state index in [2.05, 4.69) is 0 Å². The Balaban J connectivity index is 1.85. The standard InChI is InChI=1S/C15H19NO4/c17-13-4-2-12(3-5-13)15(20)16-9-7-11(8-10-16)1-6-14(18)19/h2-5,11,17H,1,6-10H2,(H,18,19). The van der Waals surface area contributed by atoms with Gasteiger partial charge < -0.3 is 15.1 Å². The lowest BCUT2D eigenvalue weighted by Crippen LogP contribution is -2.38. The lowest BCUT2D eigenvalue weighted by Gasteiger charge is -2.32. The van der Waals surface area contributed by atoms with E-state index in [1.165, 1.54) is 12.1 Å². The number of aromatic hydroxyl groups is 1. The summed E-state index contributed by atoms with van der Waals surface area (Å²) in [6, 6.07) is 6.25. The Morgan fingerprint density at radius 2 is 1.75 bits per heavy atom. The summed E-state index contributed by atoms with van der Waals surface area (Å²) in [5.74, 6) is -0.238. The summed E-state index contributed by atoms with van der Waals surface area (Å²) < 4.78 is 0. The summed E-state index contributed by atoms with van der Waals surface area (Å²) >= 11 is 0.